The molecule has 1 amide bonds. The van der Waals surface area contributed by atoms with Crippen molar-refractivity contribution in [2.24, 2.45) is 11.8 Å². The van der Waals surface area contributed by atoms with E-state index in [1.807, 2.05) is 0 Å². The lowest BCUT2D eigenvalue weighted by Crippen LogP contribution is -2.32. The van der Waals surface area contributed by atoms with Crippen molar-refractivity contribution in [3.63, 3.8) is 0 Å². The second-order valence-corrected chi connectivity index (χ2v) is 5.63. The van der Waals surface area contributed by atoms with Gasteiger partial charge in [0.25, 0.3) is 0 Å². The van der Waals surface area contributed by atoms with E-state index in [4.69, 9.17) is 5.11 Å². The van der Waals surface area contributed by atoms with Gasteiger partial charge in [0.2, 0.25) is 0 Å². The van der Waals surface area contributed by atoms with Gasteiger partial charge in [0.1, 0.15) is 0 Å². The predicted octanol–water partition coefficient (Wildman–Crippen LogP) is 2.75. The molecule has 1 N–H and O–H groups in total. The van der Waals surface area contributed by atoms with Crippen LogP contribution in [-0.4, -0.2) is 42.3 Å². The maximum absolute atomic E-state index is 13.0. The van der Waals surface area contributed by atoms with Gasteiger partial charge >= 0.3 is 12.3 Å². The molecule has 3 rings (SSSR count). The number of anilines is 1. The third-order valence-electron chi connectivity index (χ3n) is 4.31. The Kier molecular flexibility index (Phi) is 3.22. The number of para-hydroxylation sites is 1. The third-order valence-corrected chi connectivity index (χ3v) is 4.31. The molecular weight excluding hydrogens is 285 g/mol. The van der Waals surface area contributed by atoms with Gasteiger partial charge in [-0.05, 0) is 12.1 Å². The summed E-state index contributed by atoms with van der Waals surface area (Å²) in [6.45, 7) is 1.76. The standard InChI is InChI=1S/C14H15F3N2O2/c15-14(16,17)11-3-1-2-4-12(11)18-5-9-7-19(13(20)21)8-10(9)6-18/h1-4,9-10H,5-8H2,(H,20,21). The fourth-order valence-electron chi connectivity index (χ4n) is 3.34. The second kappa shape index (κ2) is 4.82. The zero-order valence-electron chi connectivity index (χ0n) is 11.2. The number of benzene rings is 1. The Morgan fingerprint density at radius 3 is 2.19 bits per heavy atom. The summed E-state index contributed by atoms with van der Waals surface area (Å²) in [4.78, 5) is 14.0. The molecule has 0 aromatic heterocycles. The van der Waals surface area contributed by atoms with Crippen LogP contribution < -0.4 is 4.90 Å². The highest BCUT2D eigenvalue weighted by molar-refractivity contribution is 5.65. The summed E-state index contributed by atoms with van der Waals surface area (Å²) in [5.41, 5.74) is -0.429. The number of rotatable bonds is 1. The summed E-state index contributed by atoms with van der Waals surface area (Å²) in [6.07, 6.45) is -5.33. The van der Waals surface area contributed by atoms with Gasteiger partial charge in [-0.15, -0.1) is 0 Å². The van der Waals surface area contributed by atoms with E-state index in [0.717, 1.165) is 6.07 Å². The molecule has 7 heteroatoms. The summed E-state index contributed by atoms with van der Waals surface area (Å²) >= 11 is 0. The van der Waals surface area contributed by atoms with E-state index in [9.17, 15) is 18.0 Å². The van der Waals surface area contributed by atoms with E-state index in [-0.39, 0.29) is 17.5 Å². The van der Waals surface area contributed by atoms with Crippen LogP contribution in [0.25, 0.3) is 0 Å². The summed E-state index contributed by atoms with van der Waals surface area (Å²) in [7, 11) is 0. The van der Waals surface area contributed by atoms with E-state index in [2.05, 4.69) is 0 Å². The molecule has 2 saturated heterocycles. The molecule has 21 heavy (non-hydrogen) atoms. The Morgan fingerprint density at radius 2 is 1.67 bits per heavy atom. The Hall–Kier alpha value is -1.92. The van der Waals surface area contributed by atoms with Gasteiger partial charge in [-0.2, -0.15) is 13.2 Å². The average molecular weight is 300 g/mol. The average Bonchev–Trinajstić information content (AvgIpc) is 2.95. The molecule has 0 aliphatic carbocycles. The molecule has 0 spiro atoms. The van der Waals surface area contributed by atoms with E-state index in [1.54, 1.807) is 11.0 Å². The molecule has 2 fully saturated rings. The molecule has 1 aromatic carbocycles. The van der Waals surface area contributed by atoms with Crippen LogP contribution in [0.15, 0.2) is 24.3 Å². The number of hydrogen-bond donors (Lipinski definition) is 1. The van der Waals surface area contributed by atoms with Crippen molar-refractivity contribution in [3.8, 4) is 0 Å². The van der Waals surface area contributed by atoms with Crippen molar-refractivity contribution in [1.29, 1.82) is 0 Å². The van der Waals surface area contributed by atoms with Gasteiger partial charge in [-0.3, -0.25) is 0 Å². The van der Waals surface area contributed by atoms with Crippen molar-refractivity contribution in [2.75, 3.05) is 31.1 Å². The van der Waals surface area contributed by atoms with E-state index >= 15 is 0 Å². The number of amides is 1. The highest BCUT2D eigenvalue weighted by Gasteiger charge is 2.43. The number of halogens is 3. The normalized spacial score (nSPS) is 25.3. The van der Waals surface area contributed by atoms with E-state index < -0.39 is 17.8 Å². The minimum absolute atomic E-state index is 0.113. The Morgan fingerprint density at radius 1 is 1.10 bits per heavy atom. The first-order valence-corrected chi connectivity index (χ1v) is 6.75. The largest absolute Gasteiger partial charge is 0.465 e. The van der Waals surface area contributed by atoms with Crippen LogP contribution in [0.1, 0.15) is 5.56 Å². The van der Waals surface area contributed by atoms with Gasteiger partial charge in [0, 0.05) is 43.7 Å². The zero-order chi connectivity index (χ0) is 15.2. The number of alkyl halides is 3. The quantitative estimate of drug-likeness (QED) is 0.867. The van der Waals surface area contributed by atoms with Gasteiger partial charge < -0.3 is 14.9 Å². The Bertz CT molecular complexity index is 547. The number of likely N-dealkylation sites (tertiary alicyclic amines) is 1. The molecule has 0 radical (unpaired) electrons. The minimum Gasteiger partial charge on any atom is -0.465 e. The molecular formula is C14H15F3N2O2. The highest BCUT2D eigenvalue weighted by Crippen LogP contribution is 2.40. The smallest absolute Gasteiger partial charge is 0.418 e. The molecule has 2 atom stereocenters. The van der Waals surface area contributed by atoms with Crippen molar-refractivity contribution in [2.45, 2.75) is 6.18 Å². The molecule has 2 aliphatic heterocycles. The van der Waals surface area contributed by atoms with Crippen molar-refractivity contribution in [3.05, 3.63) is 29.8 Å². The number of carbonyl (C=O) groups is 1. The summed E-state index contributed by atoms with van der Waals surface area (Å²) in [5.74, 6) is 0.227. The molecule has 4 nitrogen and oxygen atoms in total. The topological polar surface area (TPSA) is 43.8 Å². The number of nitrogens with zero attached hydrogens (tertiary/aromatic N) is 2. The monoisotopic (exact) mass is 300 g/mol. The lowest BCUT2D eigenvalue weighted by Gasteiger charge is -2.25. The van der Waals surface area contributed by atoms with Crippen LogP contribution in [0.5, 0.6) is 0 Å². The minimum atomic E-state index is -4.37. The molecule has 0 saturated carbocycles. The van der Waals surface area contributed by atoms with Gasteiger partial charge in [-0.25, -0.2) is 4.79 Å². The van der Waals surface area contributed by atoms with Crippen molar-refractivity contribution in [1.82, 2.24) is 4.90 Å². The zero-order valence-corrected chi connectivity index (χ0v) is 11.2. The summed E-state index contributed by atoms with van der Waals surface area (Å²) in [6, 6.07) is 5.56. The first-order valence-electron chi connectivity index (χ1n) is 6.75. The number of hydrogen-bond acceptors (Lipinski definition) is 2. The molecule has 2 aliphatic rings. The van der Waals surface area contributed by atoms with Crippen LogP contribution >= 0.6 is 0 Å². The fraction of sp³-hybridized carbons (Fsp3) is 0.500. The lowest BCUT2D eigenvalue weighted by atomic mass is 10.0. The Balaban J connectivity index is 1.79. The van der Waals surface area contributed by atoms with Gasteiger partial charge in [0.05, 0.1) is 5.56 Å². The molecule has 1 aromatic rings. The predicted molar refractivity (Wildman–Crippen MR) is 70.2 cm³/mol. The first kappa shape index (κ1) is 14.0. The van der Waals surface area contributed by atoms with Crippen LogP contribution in [0, 0.1) is 11.8 Å². The van der Waals surface area contributed by atoms with Crippen LogP contribution in [0.3, 0.4) is 0 Å². The van der Waals surface area contributed by atoms with Crippen LogP contribution in [0.2, 0.25) is 0 Å². The van der Waals surface area contributed by atoms with Gasteiger partial charge in [-0.1, -0.05) is 12.1 Å². The molecule has 0 bridgehead atoms. The van der Waals surface area contributed by atoms with Gasteiger partial charge in [0.15, 0.2) is 0 Å². The molecule has 114 valence electrons. The second-order valence-electron chi connectivity index (χ2n) is 5.63. The number of fused-ring (bicyclic) bond motifs is 1. The summed E-state index contributed by atoms with van der Waals surface area (Å²) < 4.78 is 39.1. The van der Waals surface area contributed by atoms with Crippen molar-refractivity contribution >= 4 is 11.8 Å². The SMILES string of the molecule is O=C(O)N1CC2CN(c3ccccc3C(F)(F)F)CC2C1. The summed E-state index contributed by atoms with van der Waals surface area (Å²) in [5, 5.41) is 8.97. The number of carboxylic acid groups (broad SMARTS) is 1. The lowest BCUT2D eigenvalue weighted by molar-refractivity contribution is -0.137. The van der Waals surface area contributed by atoms with E-state index in [1.165, 1.54) is 17.0 Å². The highest BCUT2D eigenvalue weighted by atomic mass is 19.4. The Labute approximate surface area is 119 Å². The van der Waals surface area contributed by atoms with E-state index in [0.29, 0.717) is 26.2 Å². The maximum Gasteiger partial charge on any atom is 0.418 e. The fourth-order valence-corrected chi connectivity index (χ4v) is 3.34. The van der Waals surface area contributed by atoms with Crippen LogP contribution in [-0.2, 0) is 6.18 Å². The molecule has 2 unspecified atom stereocenters. The third kappa shape index (κ3) is 2.52. The first-order chi connectivity index (χ1) is 9.86. The molecule has 2 heterocycles. The maximum atomic E-state index is 13.0. The van der Waals surface area contributed by atoms with Crippen molar-refractivity contribution < 1.29 is 23.1 Å². The van der Waals surface area contributed by atoms with Crippen LogP contribution in [0.4, 0.5) is 23.7 Å².